The van der Waals surface area contributed by atoms with Crippen LogP contribution in [-0.4, -0.2) is 0 Å². The molecule has 0 aromatic heterocycles. The second kappa shape index (κ2) is 5.12. The van der Waals surface area contributed by atoms with Crippen LogP contribution in [0.5, 0.6) is 0 Å². The van der Waals surface area contributed by atoms with E-state index in [1.807, 2.05) is 6.07 Å². The minimum absolute atomic E-state index is 0.0549. The van der Waals surface area contributed by atoms with Crippen molar-refractivity contribution in [3.05, 3.63) is 52.6 Å². The summed E-state index contributed by atoms with van der Waals surface area (Å²) in [7, 11) is 0. The number of nitriles is 1. The molecular weight excluding hydrogens is 272 g/mol. The standard InChI is InChI=1S/C13H8ClF2N3/c14-8-5-7(6-17)1-4-11(8)19-13-10(18)3-2-9(15)12(13)16/h1-5,19H,18H2. The van der Waals surface area contributed by atoms with Crippen LogP contribution in [0.15, 0.2) is 30.3 Å². The molecule has 0 spiro atoms. The van der Waals surface area contributed by atoms with Gasteiger partial charge in [-0.05, 0) is 30.3 Å². The predicted molar refractivity (Wildman–Crippen MR) is 70.2 cm³/mol. The van der Waals surface area contributed by atoms with Gasteiger partial charge in [0.1, 0.15) is 5.69 Å². The number of benzene rings is 2. The Labute approximate surface area is 113 Å². The van der Waals surface area contributed by atoms with Crippen molar-refractivity contribution < 1.29 is 8.78 Å². The van der Waals surface area contributed by atoms with Gasteiger partial charge in [0.2, 0.25) is 0 Å². The number of hydrogen-bond acceptors (Lipinski definition) is 3. The van der Waals surface area contributed by atoms with E-state index in [4.69, 9.17) is 22.6 Å². The topological polar surface area (TPSA) is 61.8 Å². The molecule has 3 nitrogen and oxygen atoms in total. The van der Waals surface area contributed by atoms with Gasteiger partial charge >= 0.3 is 0 Å². The number of halogens is 3. The molecule has 0 radical (unpaired) electrons. The number of rotatable bonds is 2. The first-order chi connectivity index (χ1) is 9.02. The number of anilines is 3. The van der Waals surface area contributed by atoms with Crippen molar-refractivity contribution >= 4 is 28.7 Å². The molecule has 6 heteroatoms. The van der Waals surface area contributed by atoms with E-state index in [2.05, 4.69) is 5.32 Å². The van der Waals surface area contributed by atoms with E-state index in [-0.39, 0.29) is 16.4 Å². The molecule has 2 rings (SSSR count). The predicted octanol–water partition coefficient (Wildman–Crippen LogP) is 3.82. The van der Waals surface area contributed by atoms with Crippen molar-refractivity contribution in [2.24, 2.45) is 0 Å². The van der Waals surface area contributed by atoms with E-state index in [1.165, 1.54) is 24.3 Å². The monoisotopic (exact) mass is 279 g/mol. The molecule has 96 valence electrons. The van der Waals surface area contributed by atoms with Gasteiger partial charge < -0.3 is 11.1 Å². The second-order valence-corrected chi connectivity index (χ2v) is 4.16. The van der Waals surface area contributed by atoms with E-state index in [9.17, 15) is 8.78 Å². The van der Waals surface area contributed by atoms with Gasteiger partial charge in [0.05, 0.1) is 28.0 Å². The Morgan fingerprint density at radius 1 is 1.21 bits per heavy atom. The SMILES string of the molecule is N#Cc1ccc(Nc2c(N)ccc(F)c2F)c(Cl)c1. The zero-order valence-corrected chi connectivity index (χ0v) is 10.3. The van der Waals surface area contributed by atoms with Crippen LogP contribution < -0.4 is 11.1 Å². The minimum atomic E-state index is -1.08. The van der Waals surface area contributed by atoms with Gasteiger partial charge in [-0.25, -0.2) is 8.78 Å². The molecule has 0 aliphatic rings. The zero-order chi connectivity index (χ0) is 14.0. The number of nitrogens with one attached hydrogen (secondary N) is 1. The lowest BCUT2D eigenvalue weighted by Gasteiger charge is -2.12. The molecule has 0 atom stereocenters. The van der Waals surface area contributed by atoms with E-state index in [0.717, 1.165) is 6.07 Å². The molecule has 0 saturated carbocycles. The van der Waals surface area contributed by atoms with Crippen LogP contribution in [0.4, 0.5) is 25.8 Å². The van der Waals surface area contributed by atoms with Crippen molar-refractivity contribution in [1.82, 2.24) is 0 Å². The highest BCUT2D eigenvalue weighted by Crippen LogP contribution is 2.31. The number of nitrogens with zero attached hydrogens (tertiary/aromatic N) is 1. The molecule has 19 heavy (non-hydrogen) atoms. The molecule has 0 heterocycles. The fourth-order valence-electron chi connectivity index (χ4n) is 1.51. The molecule has 2 aromatic rings. The van der Waals surface area contributed by atoms with Gasteiger partial charge in [0, 0.05) is 0 Å². The Hall–Kier alpha value is -2.32. The molecule has 0 aliphatic heterocycles. The molecule has 0 aliphatic carbocycles. The summed E-state index contributed by atoms with van der Waals surface area (Å²) < 4.78 is 26.7. The molecule has 0 fully saturated rings. The highest BCUT2D eigenvalue weighted by Gasteiger charge is 2.13. The van der Waals surface area contributed by atoms with Crippen molar-refractivity contribution in [3.63, 3.8) is 0 Å². The van der Waals surface area contributed by atoms with E-state index in [1.54, 1.807) is 0 Å². The Bertz CT molecular complexity index is 680. The van der Waals surface area contributed by atoms with Crippen LogP contribution in [0.1, 0.15) is 5.56 Å². The summed E-state index contributed by atoms with van der Waals surface area (Å²) in [4.78, 5) is 0. The first-order valence-electron chi connectivity index (χ1n) is 5.23. The summed E-state index contributed by atoms with van der Waals surface area (Å²) in [5.74, 6) is -2.10. The lowest BCUT2D eigenvalue weighted by atomic mass is 10.2. The smallest absolute Gasteiger partial charge is 0.184 e. The van der Waals surface area contributed by atoms with Crippen molar-refractivity contribution in [1.29, 1.82) is 5.26 Å². The Kier molecular flexibility index (Phi) is 3.54. The quantitative estimate of drug-likeness (QED) is 0.822. The van der Waals surface area contributed by atoms with E-state index < -0.39 is 11.6 Å². The Morgan fingerprint density at radius 2 is 1.95 bits per heavy atom. The zero-order valence-electron chi connectivity index (χ0n) is 9.55. The molecule has 0 saturated heterocycles. The fraction of sp³-hybridized carbons (Fsp3) is 0. The van der Waals surface area contributed by atoms with Gasteiger partial charge in [-0.2, -0.15) is 5.26 Å². The van der Waals surface area contributed by atoms with Crippen molar-refractivity contribution in [3.8, 4) is 6.07 Å². The molecule has 2 aromatic carbocycles. The summed E-state index contributed by atoms with van der Waals surface area (Å²) in [5, 5.41) is 11.5. The average Bonchev–Trinajstić information content (AvgIpc) is 2.40. The maximum atomic E-state index is 13.6. The second-order valence-electron chi connectivity index (χ2n) is 3.76. The molecule has 0 bridgehead atoms. The first kappa shape index (κ1) is 13.1. The summed E-state index contributed by atoms with van der Waals surface area (Å²) in [6, 6.07) is 8.52. The summed E-state index contributed by atoms with van der Waals surface area (Å²) in [6.07, 6.45) is 0. The normalized spacial score (nSPS) is 10.0. The Balaban J connectivity index is 2.42. The van der Waals surface area contributed by atoms with Crippen LogP contribution in [0.3, 0.4) is 0 Å². The third-order valence-electron chi connectivity index (χ3n) is 2.48. The molecule has 3 N–H and O–H groups in total. The molecule has 0 unspecified atom stereocenters. The Morgan fingerprint density at radius 3 is 2.58 bits per heavy atom. The van der Waals surface area contributed by atoms with Crippen LogP contribution in [-0.2, 0) is 0 Å². The van der Waals surface area contributed by atoms with Crippen LogP contribution in [0, 0.1) is 23.0 Å². The first-order valence-corrected chi connectivity index (χ1v) is 5.61. The largest absolute Gasteiger partial charge is 0.397 e. The van der Waals surface area contributed by atoms with Gasteiger partial charge in [0.25, 0.3) is 0 Å². The van der Waals surface area contributed by atoms with Gasteiger partial charge in [-0.15, -0.1) is 0 Å². The minimum Gasteiger partial charge on any atom is -0.397 e. The van der Waals surface area contributed by atoms with Crippen LogP contribution in [0.25, 0.3) is 0 Å². The number of hydrogen-bond donors (Lipinski definition) is 2. The third-order valence-corrected chi connectivity index (χ3v) is 2.80. The maximum absolute atomic E-state index is 13.6. The molecular formula is C13H8ClF2N3. The van der Waals surface area contributed by atoms with Crippen LogP contribution in [0.2, 0.25) is 5.02 Å². The molecule has 0 amide bonds. The van der Waals surface area contributed by atoms with Gasteiger partial charge in [-0.3, -0.25) is 0 Å². The number of nitrogens with two attached hydrogens (primary N) is 1. The van der Waals surface area contributed by atoms with E-state index >= 15 is 0 Å². The number of nitrogen functional groups attached to an aromatic ring is 1. The van der Waals surface area contributed by atoms with E-state index in [0.29, 0.717) is 11.3 Å². The average molecular weight is 280 g/mol. The summed E-state index contributed by atoms with van der Waals surface area (Å²) in [5.41, 5.74) is 6.14. The highest BCUT2D eigenvalue weighted by atomic mass is 35.5. The van der Waals surface area contributed by atoms with Crippen molar-refractivity contribution in [2.75, 3.05) is 11.1 Å². The highest BCUT2D eigenvalue weighted by molar-refractivity contribution is 6.33. The summed E-state index contributed by atoms with van der Waals surface area (Å²) in [6.45, 7) is 0. The fourth-order valence-corrected chi connectivity index (χ4v) is 1.74. The van der Waals surface area contributed by atoms with Crippen molar-refractivity contribution in [2.45, 2.75) is 0 Å². The van der Waals surface area contributed by atoms with Crippen LogP contribution >= 0.6 is 11.6 Å². The maximum Gasteiger partial charge on any atom is 0.184 e. The van der Waals surface area contributed by atoms with Gasteiger partial charge in [-0.1, -0.05) is 11.6 Å². The lowest BCUT2D eigenvalue weighted by Crippen LogP contribution is -2.02. The third kappa shape index (κ3) is 2.59. The lowest BCUT2D eigenvalue weighted by molar-refractivity contribution is 0.512. The summed E-state index contributed by atoms with van der Waals surface area (Å²) >= 11 is 5.93. The van der Waals surface area contributed by atoms with Gasteiger partial charge in [0.15, 0.2) is 11.6 Å².